The van der Waals surface area contributed by atoms with E-state index in [1.807, 2.05) is 0 Å². The fraction of sp³-hybridized carbons (Fsp3) is 0.800. The second-order valence-corrected chi connectivity index (χ2v) is 5.59. The molecule has 1 heterocycles. The molecule has 1 saturated carbocycles. The summed E-state index contributed by atoms with van der Waals surface area (Å²) in [6, 6.07) is 0.615. The lowest BCUT2D eigenvalue weighted by atomic mass is 10.2. The van der Waals surface area contributed by atoms with Crippen molar-refractivity contribution in [2.75, 3.05) is 13.1 Å². The minimum Gasteiger partial charge on any atom is -0.357 e. The lowest BCUT2D eigenvalue weighted by Gasteiger charge is -2.11. The third-order valence-electron chi connectivity index (χ3n) is 3.87. The van der Waals surface area contributed by atoms with Gasteiger partial charge >= 0.3 is 0 Å². The lowest BCUT2D eigenvalue weighted by Crippen LogP contribution is -2.39. The molecule has 0 bridgehead atoms. The van der Waals surface area contributed by atoms with E-state index in [9.17, 15) is 0 Å². The number of halogens is 1. The molecule has 22 heavy (non-hydrogen) atoms. The van der Waals surface area contributed by atoms with Crippen LogP contribution in [0, 0.1) is 5.92 Å². The molecule has 1 aliphatic rings. The van der Waals surface area contributed by atoms with Crippen molar-refractivity contribution in [2.24, 2.45) is 10.9 Å². The first-order valence-corrected chi connectivity index (χ1v) is 8.19. The molecule has 126 valence electrons. The number of hydrogen-bond donors (Lipinski definition) is 2. The monoisotopic (exact) mass is 420 g/mol. The van der Waals surface area contributed by atoms with Gasteiger partial charge in [0.15, 0.2) is 5.96 Å². The highest BCUT2D eigenvalue weighted by Crippen LogP contribution is 2.34. The summed E-state index contributed by atoms with van der Waals surface area (Å²) in [5.41, 5.74) is 0. The Balaban J connectivity index is 0.00000242. The number of nitrogens with one attached hydrogen (secondary N) is 2. The number of rotatable bonds is 8. The topological polar surface area (TPSA) is 67.1 Å². The van der Waals surface area contributed by atoms with Gasteiger partial charge < -0.3 is 15.2 Å². The van der Waals surface area contributed by atoms with Gasteiger partial charge in [-0.3, -0.25) is 4.99 Å². The minimum absolute atomic E-state index is 0. The Hall–Kier alpha value is -0.860. The van der Waals surface area contributed by atoms with Gasteiger partial charge in [0.25, 0.3) is 0 Å². The normalized spacial score (nSPS) is 20.4. The largest absolute Gasteiger partial charge is 0.357 e. The second kappa shape index (κ2) is 10.0. The van der Waals surface area contributed by atoms with Crippen molar-refractivity contribution in [3.8, 4) is 0 Å². The molecule has 2 atom stereocenters. The average Bonchev–Trinajstić information content (AvgIpc) is 3.03. The van der Waals surface area contributed by atoms with Crippen LogP contribution in [0.15, 0.2) is 11.3 Å². The van der Waals surface area contributed by atoms with Crippen LogP contribution in [0.5, 0.6) is 0 Å². The van der Waals surface area contributed by atoms with Crippen LogP contribution in [0.4, 0.5) is 0 Å². The van der Waals surface area contributed by atoms with Crippen LogP contribution in [-0.4, -0.2) is 39.9 Å². The molecule has 0 aliphatic heterocycles. The molecule has 1 aromatic rings. The molecule has 0 saturated heterocycles. The zero-order valence-electron chi connectivity index (χ0n) is 13.9. The summed E-state index contributed by atoms with van der Waals surface area (Å²) in [5, 5.41) is 14.9. The van der Waals surface area contributed by atoms with E-state index in [0.29, 0.717) is 6.04 Å². The summed E-state index contributed by atoms with van der Waals surface area (Å²) in [4.78, 5) is 4.66. The van der Waals surface area contributed by atoms with Crippen molar-refractivity contribution < 1.29 is 0 Å². The summed E-state index contributed by atoms with van der Waals surface area (Å²) in [6.07, 6.45) is 6.56. The quantitative estimate of drug-likeness (QED) is 0.385. The standard InChI is InChI=1S/C15H28N6.HI/c1-4-7-12-10-13(12)19-15(16-6-3)17-8-9-21-11-18-20-14(21)5-2;/h11-13H,4-10H2,1-3H3,(H2,16,17,19);1H. The van der Waals surface area contributed by atoms with Gasteiger partial charge in [0.1, 0.15) is 12.2 Å². The highest BCUT2D eigenvalue weighted by molar-refractivity contribution is 14.0. The van der Waals surface area contributed by atoms with Gasteiger partial charge in [-0.2, -0.15) is 0 Å². The number of nitrogens with zero attached hydrogens (tertiary/aromatic N) is 4. The third kappa shape index (κ3) is 5.73. The third-order valence-corrected chi connectivity index (χ3v) is 3.87. The van der Waals surface area contributed by atoms with Gasteiger partial charge in [0.05, 0.1) is 6.54 Å². The number of aromatic nitrogens is 3. The van der Waals surface area contributed by atoms with Crippen molar-refractivity contribution >= 4 is 29.9 Å². The van der Waals surface area contributed by atoms with Crippen molar-refractivity contribution in [3.05, 3.63) is 12.2 Å². The van der Waals surface area contributed by atoms with Gasteiger partial charge in [0, 0.05) is 25.6 Å². The highest BCUT2D eigenvalue weighted by atomic mass is 127. The average molecular weight is 420 g/mol. The Labute approximate surface area is 150 Å². The van der Waals surface area contributed by atoms with E-state index in [4.69, 9.17) is 0 Å². The van der Waals surface area contributed by atoms with E-state index in [0.717, 1.165) is 43.8 Å². The van der Waals surface area contributed by atoms with Gasteiger partial charge in [0.2, 0.25) is 0 Å². The Morgan fingerprint density at radius 3 is 2.91 bits per heavy atom. The molecule has 2 rings (SSSR count). The zero-order chi connectivity index (χ0) is 15.1. The molecule has 0 spiro atoms. The summed E-state index contributed by atoms with van der Waals surface area (Å²) in [6.45, 7) is 8.91. The van der Waals surface area contributed by atoms with Crippen molar-refractivity contribution in [3.63, 3.8) is 0 Å². The zero-order valence-corrected chi connectivity index (χ0v) is 16.2. The van der Waals surface area contributed by atoms with Gasteiger partial charge in [-0.25, -0.2) is 0 Å². The van der Waals surface area contributed by atoms with Gasteiger partial charge in [-0.15, -0.1) is 34.2 Å². The number of aryl methyl sites for hydroxylation is 1. The van der Waals surface area contributed by atoms with E-state index in [-0.39, 0.29) is 24.0 Å². The van der Waals surface area contributed by atoms with Crippen LogP contribution >= 0.6 is 24.0 Å². The maximum atomic E-state index is 4.66. The molecular weight excluding hydrogens is 391 g/mol. The van der Waals surface area contributed by atoms with E-state index >= 15 is 0 Å². The molecule has 0 aromatic carbocycles. The number of aliphatic imine (C=N–C) groups is 1. The lowest BCUT2D eigenvalue weighted by molar-refractivity contribution is 0.645. The van der Waals surface area contributed by atoms with Crippen molar-refractivity contribution in [2.45, 2.75) is 59.0 Å². The van der Waals surface area contributed by atoms with Gasteiger partial charge in [-0.05, 0) is 25.7 Å². The number of guanidine groups is 1. The fourth-order valence-electron chi connectivity index (χ4n) is 2.62. The smallest absolute Gasteiger partial charge is 0.191 e. The molecule has 1 aliphatic carbocycles. The molecule has 7 heteroatoms. The van der Waals surface area contributed by atoms with E-state index < -0.39 is 0 Å². The van der Waals surface area contributed by atoms with Crippen LogP contribution in [0.25, 0.3) is 0 Å². The van der Waals surface area contributed by atoms with Gasteiger partial charge in [-0.1, -0.05) is 20.3 Å². The highest BCUT2D eigenvalue weighted by Gasteiger charge is 2.36. The van der Waals surface area contributed by atoms with E-state index in [1.165, 1.54) is 19.3 Å². The number of hydrogen-bond acceptors (Lipinski definition) is 3. The predicted octanol–water partition coefficient (Wildman–Crippen LogP) is 2.20. The van der Waals surface area contributed by atoms with Crippen LogP contribution in [-0.2, 0) is 13.0 Å². The Bertz CT molecular complexity index is 459. The Kier molecular flexibility index (Phi) is 8.74. The van der Waals surface area contributed by atoms with Crippen LogP contribution in [0.3, 0.4) is 0 Å². The minimum atomic E-state index is 0. The first-order chi connectivity index (χ1) is 10.3. The molecule has 2 N–H and O–H groups in total. The fourth-order valence-corrected chi connectivity index (χ4v) is 2.62. The first-order valence-electron chi connectivity index (χ1n) is 8.19. The molecular formula is C15H29IN6. The summed E-state index contributed by atoms with van der Waals surface area (Å²) >= 11 is 0. The van der Waals surface area contributed by atoms with Crippen molar-refractivity contribution in [1.82, 2.24) is 25.4 Å². The molecule has 6 nitrogen and oxygen atoms in total. The maximum Gasteiger partial charge on any atom is 0.191 e. The molecule has 2 unspecified atom stereocenters. The van der Waals surface area contributed by atoms with Crippen LogP contribution in [0.1, 0.15) is 45.9 Å². The predicted molar refractivity (Wildman–Crippen MR) is 101 cm³/mol. The van der Waals surface area contributed by atoms with E-state index in [2.05, 4.69) is 51.2 Å². The second-order valence-electron chi connectivity index (χ2n) is 5.59. The molecule has 0 amide bonds. The Morgan fingerprint density at radius 1 is 1.41 bits per heavy atom. The molecule has 1 aromatic heterocycles. The van der Waals surface area contributed by atoms with Crippen molar-refractivity contribution in [1.29, 1.82) is 0 Å². The summed E-state index contributed by atoms with van der Waals surface area (Å²) < 4.78 is 2.07. The molecule has 1 fully saturated rings. The summed E-state index contributed by atoms with van der Waals surface area (Å²) in [7, 11) is 0. The molecule has 0 radical (unpaired) electrons. The maximum absolute atomic E-state index is 4.66. The van der Waals surface area contributed by atoms with Crippen LogP contribution in [0.2, 0.25) is 0 Å². The SMILES string of the molecule is CCCC1CC1NC(=NCCn1cnnc1CC)NCC.I. The first kappa shape index (κ1) is 19.2. The van der Waals surface area contributed by atoms with E-state index in [1.54, 1.807) is 6.33 Å². The summed E-state index contributed by atoms with van der Waals surface area (Å²) in [5.74, 6) is 2.80. The van der Waals surface area contributed by atoms with Crippen LogP contribution < -0.4 is 10.6 Å². The Morgan fingerprint density at radius 2 is 2.23 bits per heavy atom.